The van der Waals surface area contributed by atoms with Gasteiger partial charge in [-0.3, -0.25) is 4.79 Å². The minimum Gasteiger partial charge on any atom is -0.381 e. The number of hydrogen-bond acceptors (Lipinski definition) is 5. The number of carbonyl (C=O) groups is 1. The summed E-state index contributed by atoms with van der Waals surface area (Å²) in [6.07, 6.45) is 5.90. The van der Waals surface area contributed by atoms with Crippen LogP contribution in [0.15, 0.2) is 30.1 Å². The molecule has 0 spiro atoms. The van der Waals surface area contributed by atoms with E-state index in [9.17, 15) is 4.79 Å². The largest absolute Gasteiger partial charge is 0.381 e. The Kier molecular flexibility index (Phi) is 9.10. The third-order valence-electron chi connectivity index (χ3n) is 3.12. The van der Waals surface area contributed by atoms with Crippen LogP contribution in [0.4, 0.5) is 5.82 Å². The molecule has 0 bridgehead atoms. The molecule has 1 rings (SSSR count). The van der Waals surface area contributed by atoms with Gasteiger partial charge in [0, 0.05) is 32.2 Å². The number of unbranched alkanes of at least 4 members (excludes halogenated alkanes) is 1. The predicted molar refractivity (Wildman–Crippen MR) is 89.6 cm³/mol. The Morgan fingerprint density at radius 2 is 2.22 bits per heavy atom. The molecule has 6 heteroatoms. The number of aromatic nitrogens is 1. The maximum atomic E-state index is 11.9. The molecular weight excluding hydrogens is 292 g/mol. The monoisotopic (exact) mass is 316 g/mol. The average Bonchev–Trinajstić information content (AvgIpc) is 2.56. The smallest absolute Gasteiger partial charge is 0.263 e. The molecule has 0 saturated heterocycles. The van der Waals surface area contributed by atoms with Gasteiger partial charge in [-0.05, 0) is 31.4 Å². The molecule has 1 heterocycles. The minimum absolute atomic E-state index is 0.0157. The number of hydrogen-bond donors (Lipinski definition) is 2. The van der Waals surface area contributed by atoms with E-state index in [1.807, 2.05) is 25.1 Å². The Hall–Kier alpha value is -2.39. The Bertz CT molecular complexity index is 564. The van der Waals surface area contributed by atoms with Crippen molar-refractivity contribution in [3.63, 3.8) is 0 Å². The molecule has 23 heavy (non-hydrogen) atoms. The first-order chi connectivity index (χ1) is 11.2. The Labute approximate surface area is 137 Å². The molecule has 1 amide bonds. The van der Waals surface area contributed by atoms with Gasteiger partial charge in [-0.2, -0.15) is 5.26 Å². The lowest BCUT2D eigenvalue weighted by Gasteiger charge is -2.06. The second-order valence-electron chi connectivity index (χ2n) is 5.06. The van der Waals surface area contributed by atoms with Crippen LogP contribution in [0, 0.1) is 18.3 Å². The van der Waals surface area contributed by atoms with Crippen molar-refractivity contribution >= 4 is 11.7 Å². The van der Waals surface area contributed by atoms with Gasteiger partial charge in [-0.1, -0.05) is 19.4 Å². The summed E-state index contributed by atoms with van der Waals surface area (Å²) in [5.74, 6) is 0.222. The third-order valence-corrected chi connectivity index (χ3v) is 3.12. The predicted octanol–water partition coefficient (Wildman–Crippen LogP) is 2.53. The molecule has 1 aromatic rings. The lowest BCUT2D eigenvalue weighted by molar-refractivity contribution is -0.117. The van der Waals surface area contributed by atoms with Crippen molar-refractivity contribution in [3.8, 4) is 6.07 Å². The number of amides is 1. The second kappa shape index (κ2) is 11.2. The van der Waals surface area contributed by atoms with E-state index in [1.54, 1.807) is 6.20 Å². The lowest BCUT2D eigenvalue weighted by atomic mass is 10.2. The van der Waals surface area contributed by atoms with Crippen LogP contribution in [-0.4, -0.2) is 30.6 Å². The Morgan fingerprint density at radius 1 is 1.43 bits per heavy atom. The fraction of sp³-hybridized carbons (Fsp3) is 0.471. The van der Waals surface area contributed by atoms with Gasteiger partial charge >= 0.3 is 0 Å². The second-order valence-corrected chi connectivity index (χ2v) is 5.06. The van der Waals surface area contributed by atoms with Crippen molar-refractivity contribution in [3.05, 3.63) is 35.7 Å². The maximum Gasteiger partial charge on any atom is 0.263 e. The van der Waals surface area contributed by atoms with Crippen molar-refractivity contribution in [2.75, 3.05) is 25.1 Å². The van der Waals surface area contributed by atoms with Gasteiger partial charge in [0.1, 0.15) is 17.5 Å². The normalized spacial score (nSPS) is 10.9. The van der Waals surface area contributed by atoms with Crippen LogP contribution in [0.2, 0.25) is 0 Å². The molecule has 0 atom stereocenters. The van der Waals surface area contributed by atoms with E-state index in [1.165, 1.54) is 6.20 Å². The molecular formula is C17H24N4O2. The maximum absolute atomic E-state index is 11.9. The zero-order chi connectivity index (χ0) is 16.9. The highest BCUT2D eigenvalue weighted by molar-refractivity contribution is 5.97. The standard InChI is InChI=1S/C17H24N4O2/c1-3-4-10-23-11-6-9-20-17(22)15(12-18)13-21-16-14(2)7-5-8-19-16/h5,7-8,13H,3-4,6,9-11H2,1-2H3,(H,19,21)(H,20,22)/b15-13-. The number of nitrogens with zero attached hydrogens (tertiary/aromatic N) is 2. The van der Waals surface area contributed by atoms with E-state index in [0.29, 0.717) is 19.0 Å². The molecule has 0 saturated carbocycles. The zero-order valence-electron chi connectivity index (χ0n) is 13.8. The summed E-state index contributed by atoms with van der Waals surface area (Å²) >= 11 is 0. The Balaban J connectivity index is 2.36. The zero-order valence-corrected chi connectivity index (χ0v) is 13.8. The van der Waals surface area contributed by atoms with Gasteiger partial charge in [0.05, 0.1) is 0 Å². The van der Waals surface area contributed by atoms with Crippen molar-refractivity contribution < 1.29 is 9.53 Å². The number of nitriles is 1. The molecule has 0 aliphatic rings. The third kappa shape index (κ3) is 7.43. The summed E-state index contributed by atoms with van der Waals surface area (Å²) in [5, 5.41) is 14.7. The molecule has 2 N–H and O–H groups in total. The first kappa shape index (κ1) is 18.7. The summed E-state index contributed by atoms with van der Waals surface area (Å²) in [6, 6.07) is 5.61. The van der Waals surface area contributed by atoms with Crippen LogP contribution < -0.4 is 10.6 Å². The van der Waals surface area contributed by atoms with Crippen molar-refractivity contribution in [1.29, 1.82) is 5.26 Å². The van der Waals surface area contributed by atoms with Crippen molar-refractivity contribution in [1.82, 2.24) is 10.3 Å². The van der Waals surface area contributed by atoms with Gasteiger partial charge in [0.2, 0.25) is 0 Å². The number of ether oxygens (including phenoxy) is 1. The number of rotatable bonds is 10. The fourth-order valence-corrected chi connectivity index (χ4v) is 1.75. The minimum atomic E-state index is -0.401. The molecule has 0 aromatic carbocycles. The van der Waals surface area contributed by atoms with Gasteiger partial charge in [0.25, 0.3) is 5.91 Å². The molecule has 0 aliphatic heterocycles. The van der Waals surface area contributed by atoms with E-state index in [0.717, 1.165) is 31.4 Å². The summed E-state index contributed by atoms with van der Waals surface area (Å²) in [4.78, 5) is 16.1. The molecule has 0 unspecified atom stereocenters. The highest BCUT2D eigenvalue weighted by atomic mass is 16.5. The van der Waals surface area contributed by atoms with E-state index < -0.39 is 5.91 Å². The molecule has 1 aromatic heterocycles. The lowest BCUT2D eigenvalue weighted by Crippen LogP contribution is -2.26. The van der Waals surface area contributed by atoms with E-state index in [2.05, 4.69) is 22.5 Å². The van der Waals surface area contributed by atoms with E-state index in [-0.39, 0.29) is 5.57 Å². The first-order valence-corrected chi connectivity index (χ1v) is 7.83. The molecule has 0 aliphatic carbocycles. The van der Waals surface area contributed by atoms with Gasteiger partial charge in [-0.25, -0.2) is 4.98 Å². The number of pyridine rings is 1. The van der Waals surface area contributed by atoms with Gasteiger partial charge in [0.15, 0.2) is 0 Å². The van der Waals surface area contributed by atoms with Gasteiger partial charge < -0.3 is 15.4 Å². The van der Waals surface area contributed by atoms with E-state index >= 15 is 0 Å². The number of nitrogens with one attached hydrogen (secondary N) is 2. The number of anilines is 1. The SMILES string of the molecule is CCCCOCCCNC(=O)/C(C#N)=C\Nc1ncccc1C. The number of aryl methyl sites for hydroxylation is 1. The fourth-order valence-electron chi connectivity index (χ4n) is 1.75. The quantitative estimate of drug-likeness (QED) is 0.393. The Morgan fingerprint density at radius 3 is 2.91 bits per heavy atom. The van der Waals surface area contributed by atoms with Crippen LogP contribution >= 0.6 is 0 Å². The molecule has 0 fully saturated rings. The molecule has 6 nitrogen and oxygen atoms in total. The van der Waals surface area contributed by atoms with Crippen LogP contribution in [0.5, 0.6) is 0 Å². The summed E-state index contributed by atoms with van der Waals surface area (Å²) in [6.45, 7) is 5.85. The average molecular weight is 316 g/mol. The van der Waals surface area contributed by atoms with Crippen molar-refractivity contribution in [2.45, 2.75) is 33.1 Å². The van der Waals surface area contributed by atoms with Crippen LogP contribution in [0.25, 0.3) is 0 Å². The highest BCUT2D eigenvalue weighted by Crippen LogP contribution is 2.09. The van der Waals surface area contributed by atoms with E-state index in [4.69, 9.17) is 10.00 Å². The van der Waals surface area contributed by atoms with Crippen molar-refractivity contribution in [2.24, 2.45) is 0 Å². The summed E-state index contributed by atoms with van der Waals surface area (Å²) < 4.78 is 5.41. The number of carbonyl (C=O) groups excluding carboxylic acids is 1. The highest BCUT2D eigenvalue weighted by Gasteiger charge is 2.08. The van der Waals surface area contributed by atoms with Gasteiger partial charge in [-0.15, -0.1) is 0 Å². The van der Waals surface area contributed by atoms with Crippen LogP contribution in [0.1, 0.15) is 31.7 Å². The first-order valence-electron chi connectivity index (χ1n) is 7.83. The summed E-state index contributed by atoms with van der Waals surface area (Å²) in [5.41, 5.74) is 0.952. The van der Waals surface area contributed by atoms with Crippen LogP contribution in [-0.2, 0) is 9.53 Å². The molecule has 0 radical (unpaired) electrons. The summed E-state index contributed by atoms with van der Waals surface area (Å²) in [7, 11) is 0. The molecule has 124 valence electrons. The topological polar surface area (TPSA) is 87.0 Å². The van der Waals surface area contributed by atoms with Crippen LogP contribution in [0.3, 0.4) is 0 Å².